The van der Waals surface area contributed by atoms with Crippen LogP contribution in [0.25, 0.3) is 5.52 Å². The average molecular weight is 472 g/mol. The molecule has 1 aromatic carbocycles. The van der Waals surface area contributed by atoms with Crippen molar-refractivity contribution in [3.8, 4) is 0 Å². The van der Waals surface area contributed by atoms with Crippen LogP contribution in [0.2, 0.25) is 5.02 Å². The molecule has 4 heterocycles. The molecule has 1 N–H and O–H groups in total. The van der Waals surface area contributed by atoms with E-state index in [4.69, 9.17) is 16.7 Å². The molecule has 2 atom stereocenters. The number of nitrogens with zero attached hydrogens (tertiary/aromatic N) is 4. The molecule has 1 amide bonds. The van der Waals surface area contributed by atoms with E-state index in [0.29, 0.717) is 22.8 Å². The van der Waals surface area contributed by atoms with E-state index in [1.165, 1.54) is 6.42 Å². The molecule has 0 spiro atoms. The van der Waals surface area contributed by atoms with Crippen LogP contribution in [-0.4, -0.2) is 50.5 Å². The number of anilines is 2. The molecule has 0 bridgehead atoms. The quantitative estimate of drug-likeness (QED) is 0.603. The second-order valence-electron chi connectivity index (χ2n) is 8.43. The number of hydrogen-bond acceptors (Lipinski definition) is 4. The lowest BCUT2D eigenvalue weighted by Crippen LogP contribution is -2.38. The molecule has 0 saturated carbocycles. The minimum absolute atomic E-state index is 0.0376. The topological polar surface area (TPSA) is 70.0 Å². The van der Waals surface area contributed by atoms with Crippen molar-refractivity contribution in [2.24, 2.45) is 0 Å². The Bertz CT molecular complexity index is 1190. The largest absolute Gasteiger partial charge is 0.355 e. The number of amides is 1. The summed E-state index contributed by atoms with van der Waals surface area (Å²) in [5.74, 6) is 0.888. The number of benzene rings is 1. The van der Waals surface area contributed by atoms with Crippen LogP contribution in [0.15, 0.2) is 42.6 Å². The van der Waals surface area contributed by atoms with E-state index in [1.807, 2.05) is 15.6 Å². The third-order valence-corrected chi connectivity index (χ3v) is 7.00. The summed E-state index contributed by atoms with van der Waals surface area (Å²) in [5.41, 5.74) is 3.09. The Morgan fingerprint density at radius 3 is 2.72 bits per heavy atom. The number of hydrogen-bond donors (Lipinski definition) is 1. The molecule has 2 aliphatic heterocycles. The van der Waals surface area contributed by atoms with Crippen molar-refractivity contribution >= 4 is 45.5 Å². The van der Waals surface area contributed by atoms with Gasteiger partial charge in [-0.3, -0.25) is 4.79 Å². The number of likely N-dealkylation sites (tertiary alicyclic amines) is 1. The second kappa shape index (κ2) is 8.75. The molecule has 0 radical (unpaired) electrons. The van der Waals surface area contributed by atoms with Gasteiger partial charge in [0, 0.05) is 37.1 Å². The van der Waals surface area contributed by atoms with Crippen molar-refractivity contribution in [1.29, 1.82) is 0 Å². The SMILES string of the molecule is CS(=O)Nc1ccc(Cl)cc1C(=O)N1CCCCC1c1cc2ccc(N3CCC3)nn2c1. The molecule has 2 saturated heterocycles. The van der Waals surface area contributed by atoms with Gasteiger partial charge in [-0.1, -0.05) is 11.6 Å². The van der Waals surface area contributed by atoms with E-state index in [9.17, 15) is 9.00 Å². The van der Waals surface area contributed by atoms with Gasteiger partial charge in [0.2, 0.25) is 0 Å². The number of carbonyl (C=O) groups excluding carboxylic acids is 1. The number of halogens is 1. The lowest BCUT2D eigenvalue weighted by atomic mass is 9.96. The maximum absolute atomic E-state index is 13.6. The van der Waals surface area contributed by atoms with Crippen LogP contribution in [0, 0.1) is 0 Å². The second-order valence-corrected chi connectivity index (χ2v) is 9.98. The fraction of sp³-hybridized carbons (Fsp3) is 0.391. The van der Waals surface area contributed by atoms with Crippen LogP contribution in [0.5, 0.6) is 0 Å². The van der Waals surface area contributed by atoms with Crippen LogP contribution < -0.4 is 9.62 Å². The lowest BCUT2D eigenvalue weighted by Gasteiger charge is -2.36. The Balaban J connectivity index is 1.47. The van der Waals surface area contributed by atoms with Crippen molar-refractivity contribution in [3.63, 3.8) is 0 Å². The third-order valence-electron chi connectivity index (χ3n) is 6.26. The number of nitrogens with one attached hydrogen (secondary N) is 1. The molecular formula is C23H26ClN5O2S. The monoisotopic (exact) mass is 471 g/mol. The first-order valence-electron chi connectivity index (χ1n) is 10.9. The first kappa shape index (κ1) is 21.3. The predicted molar refractivity (Wildman–Crippen MR) is 129 cm³/mol. The molecule has 0 aliphatic carbocycles. The molecule has 2 unspecified atom stereocenters. The number of aromatic nitrogens is 2. The van der Waals surface area contributed by atoms with E-state index in [2.05, 4.69) is 27.8 Å². The van der Waals surface area contributed by atoms with Crippen molar-refractivity contribution < 1.29 is 9.00 Å². The van der Waals surface area contributed by atoms with Crippen molar-refractivity contribution in [2.75, 3.05) is 35.5 Å². The van der Waals surface area contributed by atoms with Gasteiger partial charge in [0.05, 0.1) is 22.8 Å². The maximum Gasteiger partial charge on any atom is 0.256 e. The number of fused-ring (bicyclic) bond motifs is 1. The van der Waals surface area contributed by atoms with Crippen LogP contribution in [-0.2, 0) is 11.0 Å². The van der Waals surface area contributed by atoms with E-state index in [1.54, 1.807) is 24.5 Å². The predicted octanol–water partition coefficient (Wildman–Crippen LogP) is 4.27. The first-order valence-corrected chi connectivity index (χ1v) is 12.9. The number of rotatable bonds is 5. The molecule has 7 nitrogen and oxygen atoms in total. The zero-order chi connectivity index (χ0) is 22.2. The smallest absolute Gasteiger partial charge is 0.256 e. The van der Waals surface area contributed by atoms with Gasteiger partial charge in [0.1, 0.15) is 16.8 Å². The zero-order valence-corrected chi connectivity index (χ0v) is 19.5. The normalized spacial score (nSPS) is 19.6. The average Bonchev–Trinajstić information content (AvgIpc) is 3.16. The summed E-state index contributed by atoms with van der Waals surface area (Å²) in [6.07, 6.45) is 7.71. The first-order chi connectivity index (χ1) is 15.5. The molecule has 9 heteroatoms. The summed E-state index contributed by atoms with van der Waals surface area (Å²) >= 11 is 6.21. The summed E-state index contributed by atoms with van der Waals surface area (Å²) in [7, 11) is -1.29. The van der Waals surface area contributed by atoms with E-state index < -0.39 is 11.0 Å². The molecule has 5 rings (SSSR count). The third kappa shape index (κ3) is 4.09. The highest BCUT2D eigenvalue weighted by Gasteiger charge is 2.31. The minimum atomic E-state index is -1.29. The zero-order valence-electron chi connectivity index (χ0n) is 18.0. The van der Waals surface area contributed by atoms with Crippen LogP contribution in [0.3, 0.4) is 0 Å². The van der Waals surface area contributed by atoms with Gasteiger partial charge in [-0.25, -0.2) is 8.72 Å². The fourth-order valence-corrected chi connectivity index (χ4v) is 5.17. The van der Waals surface area contributed by atoms with Gasteiger partial charge < -0.3 is 14.5 Å². The molecule has 2 fully saturated rings. The number of carbonyl (C=O) groups is 1. The molecule has 3 aromatic rings. The Kier molecular flexibility index (Phi) is 5.82. The lowest BCUT2D eigenvalue weighted by molar-refractivity contribution is 0.0612. The molecule has 168 valence electrons. The van der Waals surface area contributed by atoms with Gasteiger partial charge in [0.25, 0.3) is 5.91 Å². The highest BCUT2D eigenvalue weighted by atomic mass is 35.5. The molecule has 2 aliphatic rings. The standard InChI is InChI=1S/C23H26ClN5O2S/c1-32(31)26-20-8-6-17(24)14-19(20)23(30)28-12-3-2-5-21(28)16-13-18-7-9-22(25-29(18)15-16)27-10-4-11-27/h6-9,13-15,21,26H,2-5,10-12H2,1H3. The Labute approximate surface area is 194 Å². The highest BCUT2D eigenvalue weighted by molar-refractivity contribution is 7.85. The van der Waals surface area contributed by atoms with Crippen molar-refractivity contribution in [1.82, 2.24) is 14.5 Å². The van der Waals surface area contributed by atoms with E-state index >= 15 is 0 Å². The molecule has 32 heavy (non-hydrogen) atoms. The Hall–Kier alpha value is -2.58. The van der Waals surface area contributed by atoms with E-state index in [-0.39, 0.29) is 11.9 Å². The van der Waals surface area contributed by atoms with Gasteiger partial charge in [-0.15, -0.1) is 0 Å². The van der Waals surface area contributed by atoms with E-state index in [0.717, 1.165) is 49.2 Å². The Morgan fingerprint density at radius 1 is 1.12 bits per heavy atom. The summed E-state index contributed by atoms with van der Waals surface area (Å²) < 4.78 is 16.6. The highest BCUT2D eigenvalue weighted by Crippen LogP contribution is 2.35. The van der Waals surface area contributed by atoms with Crippen LogP contribution >= 0.6 is 11.6 Å². The van der Waals surface area contributed by atoms with Gasteiger partial charge in [-0.2, -0.15) is 5.10 Å². The van der Waals surface area contributed by atoms with Gasteiger partial charge in [-0.05, 0) is 67.6 Å². The summed E-state index contributed by atoms with van der Waals surface area (Å²) in [6, 6.07) is 11.3. The fourth-order valence-electron chi connectivity index (χ4n) is 4.51. The summed E-state index contributed by atoms with van der Waals surface area (Å²) in [4.78, 5) is 17.8. The van der Waals surface area contributed by atoms with Crippen LogP contribution in [0.4, 0.5) is 11.5 Å². The van der Waals surface area contributed by atoms with Crippen LogP contribution in [0.1, 0.15) is 47.6 Å². The van der Waals surface area contributed by atoms with Crippen molar-refractivity contribution in [2.45, 2.75) is 31.7 Å². The number of piperidine rings is 1. The molecular weight excluding hydrogens is 446 g/mol. The van der Waals surface area contributed by atoms with Crippen molar-refractivity contribution in [3.05, 3.63) is 58.7 Å². The van der Waals surface area contributed by atoms with Gasteiger partial charge >= 0.3 is 0 Å². The summed E-state index contributed by atoms with van der Waals surface area (Å²) in [5, 5.41) is 5.26. The summed E-state index contributed by atoms with van der Waals surface area (Å²) in [6.45, 7) is 2.77. The minimum Gasteiger partial charge on any atom is -0.355 e. The Morgan fingerprint density at radius 2 is 1.97 bits per heavy atom. The maximum atomic E-state index is 13.6. The van der Waals surface area contributed by atoms with Gasteiger partial charge in [0.15, 0.2) is 0 Å². The molecule has 2 aromatic heterocycles.